The highest BCUT2D eigenvalue weighted by molar-refractivity contribution is 5.85. The van der Waals surface area contributed by atoms with E-state index in [0.29, 0.717) is 5.89 Å². The van der Waals surface area contributed by atoms with Crippen LogP contribution in [0.2, 0.25) is 0 Å². The van der Waals surface area contributed by atoms with Crippen molar-refractivity contribution in [1.29, 1.82) is 0 Å². The van der Waals surface area contributed by atoms with Gasteiger partial charge in [-0.05, 0) is 25.9 Å². The van der Waals surface area contributed by atoms with Crippen molar-refractivity contribution in [3.63, 3.8) is 0 Å². The average Bonchev–Trinajstić information content (AvgIpc) is 2.65. The van der Waals surface area contributed by atoms with Gasteiger partial charge in [-0.2, -0.15) is 18.2 Å². The number of aromatic nitrogens is 2. The number of rotatable bonds is 2. The molecule has 1 aromatic rings. The van der Waals surface area contributed by atoms with Gasteiger partial charge in [0.1, 0.15) is 6.42 Å². The number of hydrogen-bond donors (Lipinski definition) is 1. The first kappa shape index (κ1) is 14.2. The molecule has 0 atom stereocenters. The van der Waals surface area contributed by atoms with Gasteiger partial charge in [0.2, 0.25) is 5.89 Å². The summed E-state index contributed by atoms with van der Waals surface area (Å²) >= 11 is 0. The largest absolute Gasteiger partial charge is 0.396 e. The summed E-state index contributed by atoms with van der Waals surface area (Å²) in [5, 5.41) is 6.51. The molecule has 1 aliphatic rings. The first-order chi connectivity index (χ1) is 7.54. The summed E-state index contributed by atoms with van der Waals surface area (Å²) < 4.78 is 41.0. The minimum atomic E-state index is -4.28. The fourth-order valence-electron chi connectivity index (χ4n) is 1.75. The summed E-state index contributed by atoms with van der Waals surface area (Å²) in [5.41, 5.74) is 0. The zero-order valence-corrected chi connectivity index (χ0v) is 9.77. The smallest absolute Gasteiger partial charge is 0.339 e. The van der Waals surface area contributed by atoms with E-state index in [1.165, 1.54) is 0 Å². The maximum atomic E-state index is 12.1. The second kappa shape index (κ2) is 5.68. The number of halogens is 4. The Morgan fingerprint density at radius 1 is 1.29 bits per heavy atom. The van der Waals surface area contributed by atoms with Gasteiger partial charge in [-0.1, -0.05) is 5.16 Å². The van der Waals surface area contributed by atoms with Crippen molar-refractivity contribution in [3.05, 3.63) is 11.7 Å². The summed E-state index contributed by atoms with van der Waals surface area (Å²) in [7, 11) is 0. The van der Waals surface area contributed by atoms with E-state index in [1.807, 2.05) is 0 Å². The third kappa shape index (κ3) is 4.16. The Hall–Kier alpha value is -0.820. The lowest BCUT2D eigenvalue weighted by Gasteiger charge is -2.18. The molecule has 2 heterocycles. The second-order valence-electron chi connectivity index (χ2n) is 3.87. The zero-order valence-electron chi connectivity index (χ0n) is 8.96. The molecule has 4 nitrogen and oxygen atoms in total. The number of nitrogens with one attached hydrogen (secondary N) is 1. The van der Waals surface area contributed by atoms with Crippen molar-refractivity contribution in [1.82, 2.24) is 15.5 Å². The predicted octanol–water partition coefficient (Wildman–Crippen LogP) is 2.06. The summed E-state index contributed by atoms with van der Waals surface area (Å²) in [6, 6.07) is 0. The molecule has 8 heteroatoms. The van der Waals surface area contributed by atoms with Gasteiger partial charge in [0.05, 0.1) is 0 Å². The molecule has 1 N–H and O–H groups in total. The molecule has 0 bridgehead atoms. The maximum absolute atomic E-state index is 12.1. The standard InChI is InChI=1S/C9H12F3N3O.ClH/c10-9(11,12)5-7-14-8(16-15-7)6-1-3-13-4-2-6;/h6,13H,1-5H2;1H. The molecule has 0 amide bonds. The highest BCUT2D eigenvalue weighted by Gasteiger charge is 2.31. The van der Waals surface area contributed by atoms with Gasteiger partial charge in [0, 0.05) is 5.92 Å². The van der Waals surface area contributed by atoms with E-state index < -0.39 is 12.6 Å². The lowest BCUT2D eigenvalue weighted by molar-refractivity contribution is -0.128. The quantitative estimate of drug-likeness (QED) is 0.895. The Kier molecular flexibility index (Phi) is 4.76. The van der Waals surface area contributed by atoms with E-state index in [9.17, 15) is 13.2 Å². The van der Waals surface area contributed by atoms with E-state index in [-0.39, 0.29) is 24.1 Å². The summed E-state index contributed by atoms with van der Waals surface area (Å²) in [5.74, 6) is 0.150. The third-order valence-corrected chi connectivity index (χ3v) is 2.53. The van der Waals surface area contributed by atoms with Gasteiger partial charge in [-0.25, -0.2) is 0 Å². The first-order valence-electron chi connectivity index (χ1n) is 5.14. The summed E-state index contributed by atoms with van der Waals surface area (Å²) in [6.45, 7) is 1.67. The molecule has 1 fully saturated rings. The molecule has 1 saturated heterocycles. The third-order valence-electron chi connectivity index (χ3n) is 2.53. The SMILES string of the molecule is Cl.FC(F)(F)Cc1noc(C2CCNCC2)n1. The highest BCUT2D eigenvalue weighted by Crippen LogP contribution is 2.25. The molecule has 0 aliphatic carbocycles. The topological polar surface area (TPSA) is 51.0 Å². The maximum Gasteiger partial charge on any atom is 0.396 e. The number of hydrogen-bond acceptors (Lipinski definition) is 4. The number of nitrogens with zero attached hydrogens (tertiary/aromatic N) is 2. The van der Waals surface area contributed by atoms with Gasteiger partial charge < -0.3 is 9.84 Å². The molecule has 0 spiro atoms. The van der Waals surface area contributed by atoms with Crippen molar-refractivity contribution in [2.24, 2.45) is 0 Å². The summed E-state index contributed by atoms with van der Waals surface area (Å²) in [6.07, 6.45) is -3.75. The molecule has 2 rings (SSSR count). The van der Waals surface area contributed by atoms with Crippen molar-refractivity contribution in [2.45, 2.75) is 31.4 Å². The van der Waals surface area contributed by atoms with Gasteiger partial charge >= 0.3 is 6.18 Å². The van der Waals surface area contributed by atoms with Crippen LogP contribution in [0.25, 0.3) is 0 Å². The second-order valence-corrected chi connectivity index (χ2v) is 3.87. The molecule has 0 unspecified atom stereocenters. The van der Waals surface area contributed by atoms with E-state index in [4.69, 9.17) is 4.52 Å². The van der Waals surface area contributed by atoms with Crippen LogP contribution in [0.5, 0.6) is 0 Å². The Balaban J connectivity index is 0.00000144. The van der Waals surface area contributed by atoms with Crippen LogP contribution in [0.15, 0.2) is 4.52 Å². The van der Waals surface area contributed by atoms with Crippen LogP contribution in [0.3, 0.4) is 0 Å². The Labute approximate surface area is 102 Å². The number of piperidine rings is 1. The van der Waals surface area contributed by atoms with Gasteiger partial charge in [0.15, 0.2) is 5.82 Å². The minimum Gasteiger partial charge on any atom is -0.339 e. The zero-order chi connectivity index (χ0) is 11.6. The normalized spacial score (nSPS) is 17.8. The van der Waals surface area contributed by atoms with E-state index in [2.05, 4.69) is 15.5 Å². The van der Waals surface area contributed by atoms with Gasteiger partial charge in [-0.3, -0.25) is 0 Å². The fourth-order valence-corrected chi connectivity index (χ4v) is 1.75. The molecule has 1 aliphatic heterocycles. The van der Waals surface area contributed by atoms with Crippen LogP contribution >= 0.6 is 12.4 Å². The minimum absolute atomic E-state index is 0. The monoisotopic (exact) mass is 271 g/mol. The Bertz CT molecular complexity index is 350. The van der Waals surface area contributed by atoms with Gasteiger partial charge in [0.25, 0.3) is 0 Å². The van der Waals surface area contributed by atoms with Crippen LogP contribution in [0, 0.1) is 0 Å². The molecule has 0 aromatic carbocycles. The van der Waals surface area contributed by atoms with Crippen LogP contribution in [0.1, 0.15) is 30.5 Å². The van der Waals surface area contributed by atoms with Crippen LogP contribution < -0.4 is 5.32 Å². The highest BCUT2D eigenvalue weighted by atomic mass is 35.5. The van der Waals surface area contributed by atoms with Crippen molar-refractivity contribution < 1.29 is 17.7 Å². The Morgan fingerprint density at radius 2 is 1.94 bits per heavy atom. The lowest BCUT2D eigenvalue weighted by Crippen LogP contribution is -2.26. The molecular formula is C9H13ClF3N3O. The predicted molar refractivity (Wildman–Crippen MR) is 56.1 cm³/mol. The van der Waals surface area contributed by atoms with E-state index in [0.717, 1.165) is 25.9 Å². The number of alkyl halides is 3. The van der Waals surface area contributed by atoms with Crippen molar-refractivity contribution in [2.75, 3.05) is 13.1 Å². The Morgan fingerprint density at radius 3 is 2.53 bits per heavy atom. The summed E-state index contributed by atoms with van der Waals surface area (Å²) in [4.78, 5) is 3.79. The molecule has 0 saturated carbocycles. The average molecular weight is 272 g/mol. The molecule has 1 aromatic heterocycles. The van der Waals surface area contributed by atoms with Gasteiger partial charge in [-0.15, -0.1) is 12.4 Å². The van der Waals surface area contributed by atoms with Crippen LogP contribution in [-0.2, 0) is 6.42 Å². The van der Waals surface area contributed by atoms with Crippen LogP contribution in [0.4, 0.5) is 13.2 Å². The molecule has 0 radical (unpaired) electrons. The molecular weight excluding hydrogens is 259 g/mol. The van der Waals surface area contributed by atoms with Crippen molar-refractivity contribution >= 4 is 12.4 Å². The fraction of sp³-hybridized carbons (Fsp3) is 0.778. The van der Waals surface area contributed by atoms with Crippen molar-refractivity contribution in [3.8, 4) is 0 Å². The van der Waals surface area contributed by atoms with E-state index >= 15 is 0 Å². The first-order valence-corrected chi connectivity index (χ1v) is 5.14. The molecule has 17 heavy (non-hydrogen) atoms. The van der Waals surface area contributed by atoms with Crippen LogP contribution in [-0.4, -0.2) is 29.4 Å². The molecule has 98 valence electrons. The lowest BCUT2D eigenvalue weighted by atomic mass is 9.98. The van der Waals surface area contributed by atoms with E-state index in [1.54, 1.807) is 0 Å².